The zero-order valence-corrected chi connectivity index (χ0v) is 13.8. The SMILES string of the molecule is CCCNCC(C)(C)COc1ccc(C(C)CC)cc1. The van der Waals surface area contributed by atoms with Gasteiger partial charge in [0, 0.05) is 12.0 Å². The number of hydrogen-bond acceptors (Lipinski definition) is 2. The molecule has 0 radical (unpaired) electrons. The molecule has 0 bridgehead atoms. The van der Waals surface area contributed by atoms with Crippen molar-refractivity contribution in [3.8, 4) is 5.75 Å². The molecule has 0 saturated heterocycles. The van der Waals surface area contributed by atoms with Crippen molar-refractivity contribution in [1.29, 1.82) is 0 Å². The number of hydrogen-bond donors (Lipinski definition) is 1. The Balaban J connectivity index is 2.44. The van der Waals surface area contributed by atoms with Crippen LogP contribution in [0, 0.1) is 5.41 Å². The van der Waals surface area contributed by atoms with E-state index < -0.39 is 0 Å². The fraction of sp³-hybridized carbons (Fsp3) is 0.667. The number of benzene rings is 1. The number of nitrogens with one attached hydrogen (secondary N) is 1. The van der Waals surface area contributed by atoms with Gasteiger partial charge in [0.25, 0.3) is 0 Å². The van der Waals surface area contributed by atoms with E-state index in [2.05, 4.69) is 64.2 Å². The summed E-state index contributed by atoms with van der Waals surface area (Å²) in [6.07, 6.45) is 2.35. The summed E-state index contributed by atoms with van der Waals surface area (Å²) >= 11 is 0. The van der Waals surface area contributed by atoms with Gasteiger partial charge in [0.15, 0.2) is 0 Å². The van der Waals surface area contributed by atoms with Crippen LogP contribution in [0.2, 0.25) is 0 Å². The maximum absolute atomic E-state index is 5.93. The van der Waals surface area contributed by atoms with E-state index in [-0.39, 0.29) is 5.41 Å². The topological polar surface area (TPSA) is 21.3 Å². The number of ether oxygens (including phenoxy) is 1. The second-order valence-corrected chi connectivity index (χ2v) is 6.51. The van der Waals surface area contributed by atoms with Crippen molar-refractivity contribution in [2.24, 2.45) is 5.41 Å². The largest absolute Gasteiger partial charge is 0.493 e. The maximum atomic E-state index is 5.93. The molecule has 114 valence electrons. The molecule has 1 rings (SSSR count). The fourth-order valence-corrected chi connectivity index (χ4v) is 2.06. The Morgan fingerprint density at radius 1 is 1.15 bits per heavy atom. The van der Waals surface area contributed by atoms with Crippen molar-refractivity contribution in [3.05, 3.63) is 29.8 Å². The molecule has 2 heteroatoms. The Morgan fingerprint density at radius 3 is 2.35 bits per heavy atom. The van der Waals surface area contributed by atoms with Crippen LogP contribution in [0.4, 0.5) is 0 Å². The summed E-state index contributed by atoms with van der Waals surface area (Å²) in [7, 11) is 0. The van der Waals surface area contributed by atoms with Gasteiger partial charge in [0.1, 0.15) is 5.75 Å². The first-order chi connectivity index (χ1) is 9.48. The van der Waals surface area contributed by atoms with Gasteiger partial charge in [-0.15, -0.1) is 0 Å². The van der Waals surface area contributed by atoms with Gasteiger partial charge in [-0.3, -0.25) is 0 Å². The summed E-state index contributed by atoms with van der Waals surface area (Å²) in [4.78, 5) is 0. The van der Waals surface area contributed by atoms with Crippen molar-refractivity contribution in [1.82, 2.24) is 5.32 Å². The molecule has 1 aromatic carbocycles. The van der Waals surface area contributed by atoms with Gasteiger partial charge in [-0.1, -0.05) is 46.8 Å². The van der Waals surface area contributed by atoms with Crippen LogP contribution < -0.4 is 10.1 Å². The second-order valence-electron chi connectivity index (χ2n) is 6.51. The van der Waals surface area contributed by atoms with Gasteiger partial charge >= 0.3 is 0 Å². The van der Waals surface area contributed by atoms with Crippen molar-refractivity contribution < 1.29 is 4.74 Å². The summed E-state index contributed by atoms with van der Waals surface area (Å²) in [6, 6.07) is 8.56. The molecular weight excluding hydrogens is 246 g/mol. The van der Waals surface area contributed by atoms with E-state index >= 15 is 0 Å². The molecule has 0 aliphatic carbocycles. The predicted molar refractivity (Wildman–Crippen MR) is 87.6 cm³/mol. The van der Waals surface area contributed by atoms with Gasteiger partial charge in [0.2, 0.25) is 0 Å². The second kappa shape index (κ2) is 8.31. The molecule has 1 N–H and O–H groups in total. The van der Waals surface area contributed by atoms with Crippen LogP contribution in [0.25, 0.3) is 0 Å². The molecule has 0 aliphatic rings. The van der Waals surface area contributed by atoms with Crippen LogP contribution in [0.15, 0.2) is 24.3 Å². The normalized spacial score (nSPS) is 13.2. The lowest BCUT2D eigenvalue weighted by Crippen LogP contribution is -2.34. The Morgan fingerprint density at radius 2 is 1.80 bits per heavy atom. The zero-order valence-electron chi connectivity index (χ0n) is 13.8. The molecule has 0 spiro atoms. The van der Waals surface area contributed by atoms with Crippen LogP contribution >= 0.6 is 0 Å². The third kappa shape index (κ3) is 5.96. The quantitative estimate of drug-likeness (QED) is 0.666. The molecule has 0 fully saturated rings. The average molecular weight is 277 g/mol. The minimum atomic E-state index is 0.157. The van der Waals surface area contributed by atoms with Crippen molar-refractivity contribution in [3.63, 3.8) is 0 Å². The van der Waals surface area contributed by atoms with E-state index in [1.165, 1.54) is 18.4 Å². The first-order valence-corrected chi connectivity index (χ1v) is 7.92. The molecule has 0 aliphatic heterocycles. The van der Waals surface area contributed by atoms with E-state index in [1.54, 1.807) is 0 Å². The van der Waals surface area contributed by atoms with Gasteiger partial charge in [-0.2, -0.15) is 0 Å². The van der Waals surface area contributed by atoms with Crippen LogP contribution in [0.5, 0.6) is 5.75 Å². The predicted octanol–water partition coefficient (Wildman–Crippen LogP) is 4.60. The molecular formula is C18H31NO. The van der Waals surface area contributed by atoms with Crippen molar-refractivity contribution in [2.45, 2.75) is 53.4 Å². The molecule has 1 unspecified atom stereocenters. The zero-order chi connectivity index (χ0) is 15.0. The first-order valence-electron chi connectivity index (χ1n) is 7.92. The third-order valence-corrected chi connectivity index (χ3v) is 3.72. The third-order valence-electron chi connectivity index (χ3n) is 3.72. The molecule has 0 saturated carbocycles. The Kier molecular flexibility index (Phi) is 7.08. The van der Waals surface area contributed by atoms with Gasteiger partial charge in [-0.25, -0.2) is 0 Å². The Labute approximate surface area is 124 Å². The van der Waals surface area contributed by atoms with E-state index in [0.29, 0.717) is 5.92 Å². The minimum absolute atomic E-state index is 0.157. The monoisotopic (exact) mass is 277 g/mol. The Bertz CT molecular complexity index is 370. The first kappa shape index (κ1) is 17.0. The van der Waals surface area contributed by atoms with Crippen molar-refractivity contribution >= 4 is 0 Å². The highest BCUT2D eigenvalue weighted by molar-refractivity contribution is 5.29. The molecule has 20 heavy (non-hydrogen) atoms. The van der Waals surface area contributed by atoms with Crippen LogP contribution in [0.3, 0.4) is 0 Å². The summed E-state index contributed by atoms with van der Waals surface area (Å²) in [5, 5.41) is 3.46. The van der Waals surface area contributed by atoms with Crippen LogP contribution in [-0.2, 0) is 0 Å². The standard InChI is InChI=1S/C18H31NO/c1-6-12-19-13-18(4,5)14-20-17-10-8-16(9-11-17)15(3)7-2/h8-11,15,19H,6-7,12-14H2,1-5H3. The Hall–Kier alpha value is -1.02. The molecule has 2 nitrogen and oxygen atoms in total. The average Bonchev–Trinajstić information content (AvgIpc) is 2.45. The summed E-state index contributed by atoms with van der Waals surface area (Å²) in [5.74, 6) is 1.60. The number of rotatable bonds is 9. The minimum Gasteiger partial charge on any atom is -0.493 e. The molecule has 1 atom stereocenters. The summed E-state index contributed by atoms with van der Waals surface area (Å²) in [6.45, 7) is 14.0. The molecule has 0 amide bonds. The lowest BCUT2D eigenvalue weighted by atomic mass is 9.94. The van der Waals surface area contributed by atoms with Crippen LogP contribution in [-0.4, -0.2) is 19.7 Å². The highest BCUT2D eigenvalue weighted by atomic mass is 16.5. The highest BCUT2D eigenvalue weighted by Gasteiger charge is 2.18. The summed E-state index contributed by atoms with van der Waals surface area (Å²) in [5.41, 5.74) is 1.55. The van der Waals surface area contributed by atoms with Crippen LogP contribution in [0.1, 0.15) is 58.9 Å². The molecule has 0 heterocycles. The fourth-order valence-electron chi connectivity index (χ4n) is 2.06. The lowest BCUT2D eigenvalue weighted by Gasteiger charge is -2.25. The van der Waals surface area contributed by atoms with E-state index in [9.17, 15) is 0 Å². The van der Waals surface area contributed by atoms with Crippen molar-refractivity contribution in [2.75, 3.05) is 19.7 Å². The summed E-state index contributed by atoms with van der Waals surface area (Å²) < 4.78 is 5.93. The lowest BCUT2D eigenvalue weighted by molar-refractivity contribution is 0.176. The maximum Gasteiger partial charge on any atom is 0.119 e. The van der Waals surface area contributed by atoms with Gasteiger partial charge < -0.3 is 10.1 Å². The van der Waals surface area contributed by atoms with E-state index in [4.69, 9.17) is 4.74 Å². The van der Waals surface area contributed by atoms with E-state index in [1.807, 2.05) is 0 Å². The molecule has 0 aromatic heterocycles. The van der Waals surface area contributed by atoms with Gasteiger partial charge in [0.05, 0.1) is 6.61 Å². The molecule has 1 aromatic rings. The van der Waals surface area contributed by atoms with E-state index in [0.717, 1.165) is 25.4 Å². The highest BCUT2D eigenvalue weighted by Crippen LogP contribution is 2.23. The smallest absolute Gasteiger partial charge is 0.119 e. The van der Waals surface area contributed by atoms with Gasteiger partial charge in [-0.05, 0) is 43.0 Å².